The van der Waals surface area contributed by atoms with Gasteiger partial charge in [0.2, 0.25) is 5.90 Å². The summed E-state index contributed by atoms with van der Waals surface area (Å²) in [6.07, 6.45) is 0.874. The van der Waals surface area contributed by atoms with Gasteiger partial charge in [0.15, 0.2) is 0 Å². The summed E-state index contributed by atoms with van der Waals surface area (Å²) >= 11 is 12.0. The van der Waals surface area contributed by atoms with Crippen LogP contribution in [-0.4, -0.2) is 18.5 Å². The van der Waals surface area contributed by atoms with Gasteiger partial charge in [-0.15, -0.1) is 0 Å². The van der Waals surface area contributed by atoms with E-state index in [4.69, 9.17) is 27.9 Å². The molecule has 0 fully saturated rings. The molecule has 4 heteroatoms. The molecule has 0 radical (unpaired) electrons. The Morgan fingerprint density at radius 3 is 2.45 bits per heavy atom. The van der Waals surface area contributed by atoms with E-state index in [2.05, 4.69) is 17.1 Å². The molecule has 20 heavy (non-hydrogen) atoms. The van der Waals surface area contributed by atoms with Crippen molar-refractivity contribution >= 4 is 29.1 Å². The van der Waals surface area contributed by atoms with Gasteiger partial charge in [-0.05, 0) is 30.2 Å². The Labute approximate surface area is 128 Å². The van der Waals surface area contributed by atoms with E-state index >= 15 is 0 Å². The van der Waals surface area contributed by atoms with Crippen LogP contribution in [0.5, 0.6) is 0 Å². The Hall–Kier alpha value is -1.51. The standard InChI is InChI=1S/C16H13Cl2NO/c17-13-7-12(8-14(18)9-13)16-19-15(10-20-16)6-11-4-2-1-3-5-11/h1-5,7-9,15H,6,10H2/t15-/m0/s1. The third kappa shape index (κ3) is 3.14. The molecule has 0 saturated heterocycles. The number of ether oxygens (including phenoxy) is 1. The van der Waals surface area contributed by atoms with E-state index in [1.165, 1.54) is 5.56 Å². The lowest BCUT2D eigenvalue weighted by Crippen LogP contribution is -2.09. The lowest BCUT2D eigenvalue weighted by Gasteiger charge is -2.04. The Morgan fingerprint density at radius 2 is 1.75 bits per heavy atom. The molecule has 1 atom stereocenters. The Balaban J connectivity index is 1.77. The second-order valence-electron chi connectivity index (χ2n) is 4.75. The van der Waals surface area contributed by atoms with Gasteiger partial charge in [-0.3, -0.25) is 0 Å². The van der Waals surface area contributed by atoms with Gasteiger partial charge in [-0.25, -0.2) is 4.99 Å². The lowest BCUT2D eigenvalue weighted by molar-refractivity contribution is 0.317. The minimum atomic E-state index is 0.144. The molecule has 0 saturated carbocycles. The molecular weight excluding hydrogens is 293 g/mol. The lowest BCUT2D eigenvalue weighted by atomic mass is 10.1. The molecule has 0 aromatic heterocycles. The summed E-state index contributed by atoms with van der Waals surface area (Å²) in [5.74, 6) is 0.621. The van der Waals surface area contributed by atoms with Crippen LogP contribution in [0.1, 0.15) is 11.1 Å². The van der Waals surface area contributed by atoms with Gasteiger partial charge in [0.05, 0.1) is 6.04 Å². The number of aliphatic imine (C=N–C) groups is 1. The SMILES string of the molecule is Clc1cc(Cl)cc(C2=N[C@@H](Cc3ccccc3)CO2)c1. The molecule has 0 bridgehead atoms. The number of hydrogen-bond acceptors (Lipinski definition) is 2. The molecule has 3 rings (SSSR count). The maximum Gasteiger partial charge on any atom is 0.216 e. The summed E-state index contributed by atoms with van der Waals surface area (Å²) < 4.78 is 5.67. The molecule has 0 aliphatic carbocycles. The first-order valence-corrected chi connectivity index (χ1v) is 7.17. The normalized spacial score (nSPS) is 17.7. The van der Waals surface area contributed by atoms with Crippen LogP contribution >= 0.6 is 23.2 Å². The number of hydrogen-bond donors (Lipinski definition) is 0. The molecule has 102 valence electrons. The first-order valence-electron chi connectivity index (χ1n) is 6.42. The Bertz CT molecular complexity index is 620. The van der Waals surface area contributed by atoms with Gasteiger partial charge in [0.25, 0.3) is 0 Å². The van der Waals surface area contributed by atoms with Gasteiger partial charge in [0.1, 0.15) is 6.61 Å². The van der Waals surface area contributed by atoms with Gasteiger partial charge in [-0.1, -0.05) is 53.5 Å². The predicted molar refractivity (Wildman–Crippen MR) is 82.9 cm³/mol. The highest BCUT2D eigenvalue weighted by molar-refractivity contribution is 6.35. The van der Waals surface area contributed by atoms with E-state index in [1.54, 1.807) is 6.07 Å². The highest BCUT2D eigenvalue weighted by atomic mass is 35.5. The largest absolute Gasteiger partial charge is 0.475 e. The Kier molecular flexibility index (Phi) is 3.95. The number of benzene rings is 2. The Morgan fingerprint density at radius 1 is 1.05 bits per heavy atom. The molecule has 2 aromatic rings. The van der Waals surface area contributed by atoms with E-state index in [0.717, 1.165) is 12.0 Å². The average molecular weight is 306 g/mol. The van der Waals surface area contributed by atoms with Gasteiger partial charge in [0, 0.05) is 15.6 Å². The first kappa shape index (κ1) is 13.5. The van der Waals surface area contributed by atoms with E-state index in [1.807, 2.05) is 30.3 Å². The van der Waals surface area contributed by atoms with Gasteiger partial charge in [-0.2, -0.15) is 0 Å². The summed E-state index contributed by atoms with van der Waals surface area (Å²) in [6.45, 7) is 0.592. The maximum atomic E-state index is 6.00. The van der Waals surface area contributed by atoms with E-state index in [-0.39, 0.29) is 6.04 Å². The van der Waals surface area contributed by atoms with E-state index in [9.17, 15) is 0 Å². The van der Waals surface area contributed by atoms with Crippen molar-refractivity contribution in [3.63, 3.8) is 0 Å². The van der Waals surface area contributed by atoms with Crippen LogP contribution < -0.4 is 0 Å². The highest BCUT2D eigenvalue weighted by Crippen LogP contribution is 2.22. The fourth-order valence-electron chi connectivity index (χ4n) is 2.24. The predicted octanol–water partition coefficient (Wildman–Crippen LogP) is 4.38. The van der Waals surface area contributed by atoms with Crippen molar-refractivity contribution < 1.29 is 4.74 Å². The zero-order valence-corrected chi connectivity index (χ0v) is 12.2. The molecular formula is C16H13Cl2NO. The molecule has 1 heterocycles. The van der Waals surface area contributed by atoms with E-state index < -0.39 is 0 Å². The van der Waals surface area contributed by atoms with Gasteiger partial charge >= 0.3 is 0 Å². The average Bonchev–Trinajstić information content (AvgIpc) is 2.87. The smallest absolute Gasteiger partial charge is 0.216 e. The summed E-state index contributed by atoms with van der Waals surface area (Å²) in [4.78, 5) is 4.61. The molecule has 0 amide bonds. The summed E-state index contributed by atoms with van der Waals surface area (Å²) in [5, 5.41) is 1.18. The second-order valence-corrected chi connectivity index (χ2v) is 5.62. The molecule has 2 aromatic carbocycles. The summed E-state index contributed by atoms with van der Waals surface area (Å²) in [6, 6.07) is 15.8. The van der Waals surface area contributed by atoms with Crippen molar-refractivity contribution in [2.24, 2.45) is 4.99 Å². The topological polar surface area (TPSA) is 21.6 Å². The van der Waals surface area contributed by atoms with Crippen molar-refractivity contribution in [3.8, 4) is 0 Å². The maximum absolute atomic E-state index is 6.00. The van der Waals surface area contributed by atoms with Crippen LogP contribution in [0.15, 0.2) is 53.5 Å². The van der Waals surface area contributed by atoms with Crippen molar-refractivity contribution in [3.05, 3.63) is 69.7 Å². The number of rotatable bonds is 3. The van der Waals surface area contributed by atoms with Crippen LogP contribution in [0.3, 0.4) is 0 Å². The fraction of sp³-hybridized carbons (Fsp3) is 0.188. The molecule has 1 aliphatic heterocycles. The van der Waals surface area contributed by atoms with E-state index in [0.29, 0.717) is 22.5 Å². The van der Waals surface area contributed by atoms with Crippen molar-refractivity contribution in [1.29, 1.82) is 0 Å². The minimum Gasteiger partial charge on any atom is -0.475 e. The first-order chi connectivity index (χ1) is 9.70. The van der Waals surface area contributed by atoms with Crippen LogP contribution in [0, 0.1) is 0 Å². The van der Waals surface area contributed by atoms with Crippen LogP contribution in [0.2, 0.25) is 10.0 Å². The number of nitrogens with zero attached hydrogens (tertiary/aromatic N) is 1. The zero-order valence-electron chi connectivity index (χ0n) is 10.7. The third-order valence-corrected chi connectivity index (χ3v) is 3.57. The van der Waals surface area contributed by atoms with Crippen molar-refractivity contribution in [2.75, 3.05) is 6.61 Å². The molecule has 0 spiro atoms. The highest BCUT2D eigenvalue weighted by Gasteiger charge is 2.20. The van der Waals surface area contributed by atoms with Crippen LogP contribution in [0.25, 0.3) is 0 Å². The van der Waals surface area contributed by atoms with Crippen molar-refractivity contribution in [1.82, 2.24) is 0 Å². The quantitative estimate of drug-likeness (QED) is 0.824. The van der Waals surface area contributed by atoms with Gasteiger partial charge < -0.3 is 4.74 Å². The number of halogens is 2. The monoisotopic (exact) mass is 305 g/mol. The zero-order chi connectivity index (χ0) is 13.9. The second kappa shape index (κ2) is 5.86. The minimum absolute atomic E-state index is 0.144. The molecule has 0 unspecified atom stereocenters. The fourth-order valence-corrected chi connectivity index (χ4v) is 2.77. The summed E-state index contributed by atoms with van der Waals surface area (Å²) in [7, 11) is 0. The molecule has 1 aliphatic rings. The molecule has 2 nitrogen and oxygen atoms in total. The summed E-state index contributed by atoms with van der Waals surface area (Å²) in [5.41, 5.74) is 2.09. The van der Waals surface area contributed by atoms with Crippen LogP contribution in [-0.2, 0) is 11.2 Å². The third-order valence-electron chi connectivity index (χ3n) is 3.14. The van der Waals surface area contributed by atoms with Crippen molar-refractivity contribution in [2.45, 2.75) is 12.5 Å². The molecule has 0 N–H and O–H groups in total. The van der Waals surface area contributed by atoms with Crippen LogP contribution in [0.4, 0.5) is 0 Å².